The van der Waals surface area contributed by atoms with Crippen molar-refractivity contribution in [3.63, 3.8) is 0 Å². The third-order valence-corrected chi connectivity index (χ3v) is 3.90. The van der Waals surface area contributed by atoms with Crippen molar-refractivity contribution in [1.29, 1.82) is 0 Å². The SMILES string of the molecule is CCCn1ncc(Cl)c1C(N)c1c(C)cc(C)cc1C. The maximum atomic E-state index is 6.50. The second-order valence-corrected chi connectivity index (χ2v) is 5.80. The van der Waals surface area contributed by atoms with Gasteiger partial charge in [0.1, 0.15) is 0 Å². The van der Waals surface area contributed by atoms with Crippen molar-refractivity contribution in [2.75, 3.05) is 0 Å². The van der Waals surface area contributed by atoms with E-state index in [1.165, 1.54) is 16.7 Å². The van der Waals surface area contributed by atoms with Crippen LogP contribution in [-0.4, -0.2) is 9.78 Å². The van der Waals surface area contributed by atoms with Gasteiger partial charge in [0.25, 0.3) is 0 Å². The summed E-state index contributed by atoms with van der Waals surface area (Å²) in [6, 6.07) is 4.09. The maximum Gasteiger partial charge on any atom is 0.0837 e. The molecule has 0 aliphatic carbocycles. The van der Waals surface area contributed by atoms with Gasteiger partial charge in [-0.25, -0.2) is 0 Å². The summed E-state index contributed by atoms with van der Waals surface area (Å²) in [6.45, 7) is 9.25. The van der Waals surface area contributed by atoms with Gasteiger partial charge in [-0.15, -0.1) is 0 Å². The molecule has 1 heterocycles. The maximum absolute atomic E-state index is 6.50. The highest BCUT2D eigenvalue weighted by Crippen LogP contribution is 2.31. The standard InChI is InChI=1S/C16H22ClN3/c1-5-6-20-16(13(17)9-19-20)15(18)14-11(3)7-10(2)8-12(14)4/h7-9,15H,5-6,18H2,1-4H3. The summed E-state index contributed by atoms with van der Waals surface area (Å²) in [5.41, 5.74) is 12.2. The number of aromatic nitrogens is 2. The predicted octanol–water partition coefficient (Wildman–Crippen LogP) is 3.92. The van der Waals surface area contributed by atoms with Crippen molar-refractivity contribution in [2.24, 2.45) is 5.73 Å². The van der Waals surface area contributed by atoms with E-state index in [0.717, 1.165) is 24.2 Å². The molecule has 4 heteroatoms. The van der Waals surface area contributed by atoms with E-state index >= 15 is 0 Å². The second-order valence-electron chi connectivity index (χ2n) is 5.39. The summed E-state index contributed by atoms with van der Waals surface area (Å²) >= 11 is 6.30. The average molecular weight is 292 g/mol. The molecule has 0 saturated carbocycles. The molecule has 2 aromatic rings. The molecule has 20 heavy (non-hydrogen) atoms. The molecule has 0 amide bonds. The molecule has 108 valence electrons. The molecule has 0 bridgehead atoms. The summed E-state index contributed by atoms with van der Waals surface area (Å²) < 4.78 is 1.92. The highest BCUT2D eigenvalue weighted by molar-refractivity contribution is 6.31. The molecular formula is C16H22ClN3. The van der Waals surface area contributed by atoms with Gasteiger partial charge in [-0.05, 0) is 43.9 Å². The highest BCUT2D eigenvalue weighted by Gasteiger charge is 2.21. The number of benzene rings is 1. The van der Waals surface area contributed by atoms with E-state index < -0.39 is 0 Å². The van der Waals surface area contributed by atoms with Crippen LogP contribution in [0.5, 0.6) is 0 Å². The molecule has 1 aromatic carbocycles. The summed E-state index contributed by atoms with van der Waals surface area (Å²) in [4.78, 5) is 0. The molecule has 1 unspecified atom stereocenters. The Labute approximate surface area is 125 Å². The van der Waals surface area contributed by atoms with Crippen LogP contribution in [0, 0.1) is 20.8 Å². The normalized spacial score (nSPS) is 12.7. The zero-order chi connectivity index (χ0) is 14.9. The topological polar surface area (TPSA) is 43.8 Å². The molecule has 2 N–H and O–H groups in total. The van der Waals surface area contributed by atoms with E-state index in [9.17, 15) is 0 Å². The van der Waals surface area contributed by atoms with Gasteiger partial charge < -0.3 is 5.73 Å². The fraction of sp³-hybridized carbons (Fsp3) is 0.438. The Hall–Kier alpha value is -1.32. The van der Waals surface area contributed by atoms with E-state index in [2.05, 4.69) is 44.9 Å². The molecule has 0 saturated heterocycles. The number of rotatable bonds is 4. The van der Waals surface area contributed by atoms with Gasteiger partial charge in [0, 0.05) is 6.54 Å². The Kier molecular flexibility index (Phi) is 4.51. The lowest BCUT2D eigenvalue weighted by Gasteiger charge is -2.20. The predicted molar refractivity (Wildman–Crippen MR) is 84.2 cm³/mol. The van der Waals surface area contributed by atoms with Crippen LogP contribution in [0.2, 0.25) is 5.02 Å². The van der Waals surface area contributed by atoms with Crippen molar-refractivity contribution in [1.82, 2.24) is 9.78 Å². The molecule has 1 atom stereocenters. The first-order valence-corrected chi connectivity index (χ1v) is 7.38. The lowest BCUT2D eigenvalue weighted by molar-refractivity contribution is 0.559. The molecule has 0 aliphatic rings. The van der Waals surface area contributed by atoms with Crippen molar-refractivity contribution in [2.45, 2.75) is 46.7 Å². The number of hydrogen-bond acceptors (Lipinski definition) is 2. The number of halogens is 1. The second kappa shape index (κ2) is 5.98. The van der Waals surface area contributed by atoms with Gasteiger partial charge in [-0.3, -0.25) is 4.68 Å². The summed E-state index contributed by atoms with van der Waals surface area (Å²) in [6.07, 6.45) is 2.69. The number of nitrogens with zero attached hydrogens (tertiary/aromatic N) is 2. The van der Waals surface area contributed by atoms with E-state index in [1.807, 2.05) is 4.68 Å². The lowest BCUT2D eigenvalue weighted by atomic mass is 9.93. The van der Waals surface area contributed by atoms with Crippen LogP contribution in [0.25, 0.3) is 0 Å². The smallest absolute Gasteiger partial charge is 0.0837 e. The first-order chi connectivity index (χ1) is 9.45. The third-order valence-electron chi connectivity index (χ3n) is 3.61. The van der Waals surface area contributed by atoms with Crippen molar-refractivity contribution in [3.05, 3.63) is 51.3 Å². The lowest BCUT2D eigenvalue weighted by Crippen LogP contribution is -2.20. The fourth-order valence-corrected chi connectivity index (χ4v) is 3.15. The molecular weight excluding hydrogens is 270 g/mol. The van der Waals surface area contributed by atoms with Gasteiger partial charge in [0.05, 0.1) is 23.0 Å². The van der Waals surface area contributed by atoms with Crippen LogP contribution in [0.3, 0.4) is 0 Å². The van der Waals surface area contributed by atoms with E-state index in [1.54, 1.807) is 6.20 Å². The van der Waals surface area contributed by atoms with Crippen molar-refractivity contribution < 1.29 is 0 Å². The monoisotopic (exact) mass is 291 g/mol. The Morgan fingerprint density at radius 1 is 1.25 bits per heavy atom. The van der Waals surface area contributed by atoms with Crippen LogP contribution in [-0.2, 0) is 6.54 Å². The first-order valence-electron chi connectivity index (χ1n) is 7.00. The van der Waals surface area contributed by atoms with E-state index in [4.69, 9.17) is 17.3 Å². The molecule has 2 rings (SSSR count). The number of nitrogens with two attached hydrogens (primary N) is 1. The van der Waals surface area contributed by atoms with Crippen LogP contribution in [0.4, 0.5) is 0 Å². The van der Waals surface area contributed by atoms with Crippen LogP contribution in [0.15, 0.2) is 18.3 Å². The minimum Gasteiger partial charge on any atom is -0.319 e. The third kappa shape index (κ3) is 2.74. The summed E-state index contributed by atoms with van der Waals surface area (Å²) in [7, 11) is 0. The fourth-order valence-electron chi connectivity index (χ4n) is 2.89. The van der Waals surface area contributed by atoms with Crippen LogP contribution < -0.4 is 5.73 Å². The number of aryl methyl sites for hydroxylation is 4. The first kappa shape index (κ1) is 15.1. The van der Waals surface area contributed by atoms with Crippen LogP contribution in [0.1, 0.15) is 47.3 Å². The molecule has 0 fully saturated rings. The Morgan fingerprint density at radius 2 is 1.85 bits per heavy atom. The van der Waals surface area contributed by atoms with E-state index in [0.29, 0.717) is 5.02 Å². The van der Waals surface area contributed by atoms with Gasteiger partial charge in [-0.2, -0.15) is 5.10 Å². The Bertz CT molecular complexity index is 593. The quantitative estimate of drug-likeness (QED) is 0.928. The van der Waals surface area contributed by atoms with E-state index in [-0.39, 0.29) is 6.04 Å². The minimum absolute atomic E-state index is 0.239. The molecule has 0 aliphatic heterocycles. The van der Waals surface area contributed by atoms with Crippen molar-refractivity contribution >= 4 is 11.6 Å². The Balaban J connectivity index is 2.52. The van der Waals surface area contributed by atoms with Crippen LogP contribution >= 0.6 is 11.6 Å². The highest BCUT2D eigenvalue weighted by atomic mass is 35.5. The van der Waals surface area contributed by atoms with Gasteiger partial charge in [0.2, 0.25) is 0 Å². The molecule has 1 aromatic heterocycles. The zero-order valence-corrected chi connectivity index (χ0v) is 13.3. The average Bonchev–Trinajstić information content (AvgIpc) is 2.69. The molecule has 0 radical (unpaired) electrons. The largest absolute Gasteiger partial charge is 0.319 e. The van der Waals surface area contributed by atoms with Gasteiger partial charge in [-0.1, -0.05) is 36.2 Å². The molecule has 0 spiro atoms. The summed E-state index contributed by atoms with van der Waals surface area (Å²) in [5.74, 6) is 0. The van der Waals surface area contributed by atoms with Gasteiger partial charge in [0.15, 0.2) is 0 Å². The minimum atomic E-state index is -0.239. The Morgan fingerprint density at radius 3 is 2.40 bits per heavy atom. The summed E-state index contributed by atoms with van der Waals surface area (Å²) in [5, 5.41) is 4.98. The van der Waals surface area contributed by atoms with Crippen molar-refractivity contribution in [3.8, 4) is 0 Å². The zero-order valence-electron chi connectivity index (χ0n) is 12.6. The number of hydrogen-bond donors (Lipinski definition) is 1. The van der Waals surface area contributed by atoms with Gasteiger partial charge >= 0.3 is 0 Å². The molecule has 3 nitrogen and oxygen atoms in total.